The number of anilines is 1. The SMILES string of the molecule is O=C(CC1C=CS(=O)(=O)C1)N1CCc2ccc([N+](=O)[O-])cc21. The van der Waals surface area contributed by atoms with Crippen LogP contribution in [0.3, 0.4) is 0 Å². The number of allylic oxidation sites excluding steroid dienone is 1. The van der Waals surface area contributed by atoms with Crippen LogP contribution in [-0.4, -0.2) is 31.5 Å². The summed E-state index contributed by atoms with van der Waals surface area (Å²) in [7, 11) is -3.18. The highest BCUT2D eigenvalue weighted by atomic mass is 32.2. The molecule has 2 aliphatic heterocycles. The van der Waals surface area contributed by atoms with Gasteiger partial charge in [-0.1, -0.05) is 12.1 Å². The van der Waals surface area contributed by atoms with E-state index < -0.39 is 14.8 Å². The van der Waals surface area contributed by atoms with E-state index >= 15 is 0 Å². The van der Waals surface area contributed by atoms with Crippen molar-refractivity contribution in [3.05, 3.63) is 45.4 Å². The Morgan fingerprint density at radius 2 is 2.18 bits per heavy atom. The number of nitro groups is 1. The Morgan fingerprint density at radius 3 is 2.82 bits per heavy atom. The molecule has 0 aliphatic carbocycles. The van der Waals surface area contributed by atoms with E-state index in [1.54, 1.807) is 6.07 Å². The largest absolute Gasteiger partial charge is 0.312 e. The number of amides is 1. The Bertz CT molecular complexity index is 784. The van der Waals surface area contributed by atoms with E-state index in [4.69, 9.17) is 0 Å². The number of carbonyl (C=O) groups is 1. The molecular formula is C14H14N2O5S. The molecular weight excluding hydrogens is 308 g/mol. The van der Waals surface area contributed by atoms with E-state index in [0.717, 1.165) is 11.0 Å². The van der Waals surface area contributed by atoms with Crippen LogP contribution in [0.5, 0.6) is 0 Å². The number of nitro benzene ring substituents is 1. The molecule has 2 heterocycles. The van der Waals surface area contributed by atoms with Gasteiger partial charge >= 0.3 is 0 Å². The van der Waals surface area contributed by atoms with Gasteiger partial charge in [0.15, 0.2) is 9.84 Å². The van der Waals surface area contributed by atoms with E-state index in [1.165, 1.54) is 23.1 Å². The Labute approximate surface area is 127 Å². The van der Waals surface area contributed by atoms with Gasteiger partial charge in [-0.15, -0.1) is 0 Å². The van der Waals surface area contributed by atoms with Crippen molar-refractivity contribution in [2.45, 2.75) is 12.8 Å². The molecule has 116 valence electrons. The summed E-state index contributed by atoms with van der Waals surface area (Å²) in [5.41, 5.74) is 1.40. The van der Waals surface area contributed by atoms with Crippen molar-refractivity contribution < 1.29 is 18.1 Å². The van der Waals surface area contributed by atoms with Gasteiger partial charge in [0, 0.05) is 36.4 Å². The topological polar surface area (TPSA) is 97.6 Å². The fraction of sp³-hybridized carbons (Fsp3) is 0.357. The third-order valence-corrected chi connectivity index (χ3v) is 5.38. The second kappa shape index (κ2) is 5.20. The third kappa shape index (κ3) is 2.74. The Kier molecular flexibility index (Phi) is 3.48. The highest BCUT2D eigenvalue weighted by molar-refractivity contribution is 7.94. The van der Waals surface area contributed by atoms with Gasteiger partial charge in [0.25, 0.3) is 5.69 Å². The first-order valence-electron chi connectivity index (χ1n) is 6.84. The van der Waals surface area contributed by atoms with E-state index in [9.17, 15) is 23.3 Å². The lowest BCUT2D eigenvalue weighted by molar-refractivity contribution is -0.384. The highest BCUT2D eigenvalue weighted by Gasteiger charge is 2.30. The first-order valence-corrected chi connectivity index (χ1v) is 8.56. The van der Waals surface area contributed by atoms with E-state index in [0.29, 0.717) is 18.7 Å². The molecule has 1 amide bonds. The lowest BCUT2D eigenvalue weighted by Crippen LogP contribution is -2.30. The molecule has 0 saturated heterocycles. The second-order valence-electron chi connectivity index (χ2n) is 5.49. The predicted octanol–water partition coefficient (Wildman–Crippen LogP) is 1.43. The number of hydrogen-bond acceptors (Lipinski definition) is 5. The van der Waals surface area contributed by atoms with E-state index in [2.05, 4.69) is 0 Å². The standard InChI is InChI=1S/C14H14N2O5S/c17-14(7-10-4-6-22(20,21)9-10)15-5-3-11-1-2-12(16(18)19)8-13(11)15/h1-2,4,6,8,10H,3,5,7,9H2. The van der Waals surface area contributed by atoms with Gasteiger partial charge in [-0.25, -0.2) is 8.42 Å². The fourth-order valence-electron chi connectivity index (χ4n) is 2.84. The number of non-ortho nitro benzene ring substituents is 1. The van der Waals surface area contributed by atoms with Crippen molar-refractivity contribution in [3.63, 3.8) is 0 Å². The predicted molar refractivity (Wildman–Crippen MR) is 80.2 cm³/mol. The summed E-state index contributed by atoms with van der Waals surface area (Å²) in [5, 5.41) is 12.0. The van der Waals surface area contributed by atoms with Crippen LogP contribution in [0.4, 0.5) is 11.4 Å². The summed E-state index contributed by atoms with van der Waals surface area (Å²) < 4.78 is 22.8. The molecule has 8 heteroatoms. The maximum atomic E-state index is 12.4. The second-order valence-corrected chi connectivity index (χ2v) is 7.42. The molecule has 1 unspecified atom stereocenters. The van der Waals surface area contributed by atoms with Crippen molar-refractivity contribution in [1.29, 1.82) is 0 Å². The molecule has 1 aromatic carbocycles. The summed E-state index contributed by atoms with van der Waals surface area (Å²) in [5.74, 6) is -0.569. The highest BCUT2D eigenvalue weighted by Crippen LogP contribution is 2.33. The molecule has 1 aromatic rings. The number of nitrogens with zero attached hydrogens (tertiary/aromatic N) is 2. The molecule has 0 fully saturated rings. The monoisotopic (exact) mass is 322 g/mol. The summed E-state index contributed by atoms with van der Waals surface area (Å²) in [6.07, 6.45) is 2.29. The van der Waals surface area contributed by atoms with Crippen LogP contribution in [0.2, 0.25) is 0 Å². The van der Waals surface area contributed by atoms with Gasteiger partial charge in [-0.3, -0.25) is 14.9 Å². The lowest BCUT2D eigenvalue weighted by atomic mass is 10.1. The number of benzene rings is 1. The van der Waals surface area contributed by atoms with Crippen LogP contribution >= 0.6 is 0 Å². The zero-order valence-electron chi connectivity index (χ0n) is 11.6. The molecule has 3 rings (SSSR count). The number of hydrogen-bond donors (Lipinski definition) is 0. The van der Waals surface area contributed by atoms with Gasteiger partial charge in [0.05, 0.1) is 16.4 Å². The number of sulfone groups is 1. The molecule has 22 heavy (non-hydrogen) atoms. The van der Waals surface area contributed by atoms with Crippen LogP contribution in [0.1, 0.15) is 12.0 Å². The molecule has 1 atom stereocenters. The fourth-order valence-corrected chi connectivity index (χ4v) is 4.24. The maximum Gasteiger partial charge on any atom is 0.271 e. The maximum absolute atomic E-state index is 12.4. The normalized spacial score (nSPS) is 21.8. The van der Waals surface area contributed by atoms with Crippen LogP contribution in [0.25, 0.3) is 0 Å². The smallest absolute Gasteiger partial charge is 0.271 e. The van der Waals surface area contributed by atoms with E-state index in [-0.39, 0.29) is 29.7 Å². The number of fused-ring (bicyclic) bond motifs is 1. The van der Waals surface area contributed by atoms with Gasteiger partial charge in [-0.05, 0) is 12.0 Å². The Balaban J connectivity index is 1.78. The van der Waals surface area contributed by atoms with Crippen LogP contribution < -0.4 is 4.90 Å². The van der Waals surface area contributed by atoms with Crippen molar-refractivity contribution >= 4 is 27.1 Å². The average Bonchev–Trinajstić information content (AvgIpc) is 3.01. The number of rotatable bonds is 3. The number of carbonyl (C=O) groups excluding carboxylic acids is 1. The van der Waals surface area contributed by atoms with Gasteiger partial charge in [-0.2, -0.15) is 0 Å². The molecule has 0 N–H and O–H groups in total. The summed E-state index contributed by atoms with van der Waals surface area (Å²) in [4.78, 5) is 24.3. The van der Waals surface area contributed by atoms with Crippen molar-refractivity contribution in [2.24, 2.45) is 5.92 Å². The third-order valence-electron chi connectivity index (χ3n) is 3.92. The molecule has 0 spiro atoms. The van der Waals surface area contributed by atoms with Crippen molar-refractivity contribution in [3.8, 4) is 0 Å². The van der Waals surface area contributed by atoms with Crippen LogP contribution in [0.15, 0.2) is 29.7 Å². The lowest BCUT2D eigenvalue weighted by Gasteiger charge is -2.18. The van der Waals surface area contributed by atoms with Crippen molar-refractivity contribution in [1.82, 2.24) is 0 Å². The minimum Gasteiger partial charge on any atom is -0.312 e. The minimum atomic E-state index is -3.18. The molecule has 0 aromatic heterocycles. The molecule has 7 nitrogen and oxygen atoms in total. The quantitative estimate of drug-likeness (QED) is 0.619. The summed E-state index contributed by atoms with van der Waals surface area (Å²) in [6.45, 7) is 0.471. The first-order chi connectivity index (χ1) is 10.4. The summed E-state index contributed by atoms with van der Waals surface area (Å²) in [6, 6.07) is 4.50. The average molecular weight is 322 g/mol. The molecule has 0 saturated carbocycles. The zero-order chi connectivity index (χ0) is 15.9. The van der Waals surface area contributed by atoms with Gasteiger partial charge in [0.1, 0.15) is 0 Å². The van der Waals surface area contributed by atoms with E-state index in [1.807, 2.05) is 0 Å². The van der Waals surface area contributed by atoms with Crippen LogP contribution in [-0.2, 0) is 21.1 Å². The molecule has 0 bridgehead atoms. The first kappa shape index (κ1) is 14.7. The Hall–Kier alpha value is -2.22. The van der Waals surface area contributed by atoms with Gasteiger partial charge in [0.2, 0.25) is 5.91 Å². The van der Waals surface area contributed by atoms with Gasteiger partial charge < -0.3 is 4.90 Å². The Morgan fingerprint density at radius 1 is 1.41 bits per heavy atom. The summed E-state index contributed by atoms with van der Waals surface area (Å²) >= 11 is 0. The minimum absolute atomic E-state index is 0.0472. The molecule has 2 aliphatic rings. The van der Waals surface area contributed by atoms with Crippen LogP contribution in [0, 0.1) is 16.0 Å². The zero-order valence-corrected chi connectivity index (χ0v) is 12.5. The van der Waals surface area contributed by atoms with Crippen molar-refractivity contribution in [2.75, 3.05) is 17.2 Å². The molecule has 0 radical (unpaired) electrons.